The van der Waals surface area contributed by atoms with Crippen LogP contribution in [0.3, 0.4) is 0 Å². The van der Waals surface area contributed by atoms with Crippen LogP contribution in [0.15, 0.2) is 58.1 Å². The highest BCUT2D eigenvalue weighted by Crippen LogP contribution is 2.42. The van der Waals surface area contributed by atoms with E-state index in [1.807, 2.05) is 0 Å². The van der Waals surface area contributed by atoms with E-state index in [2.05, 4.69) is 21.0 Å². The Morgan fingerprint density at radius 3 is 2.43 bits per heavy atom. The zero-order valence-electron chi connectivity index (χ0n) is 13.9. The van der Waals surface area contributed by atoms with Crippen molar-refractivity contribution >= 4 is 33.2 Å². The number of carbonyl (C=O) groups excluding carboxylic acids is 1. The van der Waals surface area contributed by atoms with Gasteiger partial charge in [0.2, 0.25) is 0 Å². The molecule has 1 atom stereocenters. The molecule has 1 amide bonds. The summed E-state index contributed by atoms with van der Waals surface area (Å²) >= 11 is 3.20. The molecule has 1 aliphatic heterocycles. The zero-order valence-corrected chi connectivity index (χ0v) is 15.4. The molecule has 11 heteroatoms. The molecule has 0 unspecified atom stereocenters. The molecule has 2 aromatic rings. The number of halogens is 4. The first kappa shape index (κ1) is 20.0. The van der Waals surface area contributed by atoms with Crippen molar-refractivity contribution in [2.24, 2.45) is 5.10 Å². The predicted octanol–water partition coefficient (Wildman–Crippen LogP) is 3.86. The molecule has 7 nitrogen and oxygen atoms in total. The van der Waals surface area contributed by atoms with Gasteiger partial charge in [0.25, 0.3) is 17.3 Å². The Morgan fingerprint density at radius 1 is 1.25 bits per heavy atom. The monoisotopic (exact) mass is 457 g/mol. The Balaban J connectivity index is 2.03. The van der Waals surface area contributed by atoms with Gasteiger partial charge in [0.05, 0.1) is 17.1 Å². The van der Waals surface area contributed by atoms with Crippen molar-refractivity contribution in [3.63, 3.8) is 0 Å². The zero-order chi connectivity index (χ0) is 20.7. The lowest BCUT2D eigenvalue weighted by atomic mass is 10.0. The lowest BCUT2D eigenvalue weighted by Gasteiger charge is -2.32. The Labute approximate surface area is 164 Å². The van der Waals surface area contributed by atoms with Gasteiger partial charge in [-0.3, -0.25) is 14.9 Å². The molecule has 2 aromatic carbocycles. The number of aliphatic hydroxyl groups is 1. The average Bonchev–Trinajstić information content (AvgIpc) is 3.00. The average molecular weight is 458 g/mol. The molecular formula is C17H11BrF3N3O4. The van der Waals surface area contributed by atoms with Gasteiger partial charge in [-0.25, -0.2) is 0 Å². The molecule has 1 aliphatic rings. The minimum Gasteiger partial charge on any atom is -0.362 e. The number of non-ortho nitro benzene ring substituents is 1. The predicted molar refractivity (Wildman–Crippen MR) is 95.6 cm³/mol. The molecule has 28 heavy (non-hydrogen) atoms. The molecule has 3 rings (SSSR count). The number of alkyl halides is 3. The minimum atomic E-state index is -5.18. The van der Waals surface area contributed by atoms with Gasteiger partial charge < -0.3 is 5.11 Å². The Morgan fingerprint density at radius 2 is 1.89 bits per heavy atom. The SMILES string of the molecule is O=C(c1ccc([N+](=O)[O-])cc1)N1N=C(c2cccc(Br)c2)C[C@@]1(O)C(F)(F)F. The fraction of sp³-hybridized carbons (Fsp3) is 0.176. The molecule has 1 N–H and O–H groups in total. The molecule has 0 bridgehead atoms. The number of nitro groups is 1. The maximum absolute atomic E-state index is 13.6. The quantitative estimate of drug-likeness (QED) is 0.558. The fourth-order valence-corrected chi connectivity index (χ4v) is 3.06. The Kier molecular flexibility index (Phi) is 4.98. The van der Waals surface area contributed by atoms with E-state index in [-0.39, 0.29) is 22.0 Å². The lowest BCUT2D eigenvalue weighted by Crippen LogP contribution is -2.56. The van der Waals surface area contributed by atoms with Crippen LogP contribution >= 0.6 is 15.9 Å². The van der Waals surface area contributed by atoms with E-state index in [1.165, 1.54) is 12.1 Å². The van der Waals surface area contributed by atoms with Crippen LogP contribution in [0.4, 0.5) is 18.9 Å². The van der Waals surface area contributed by atoms with Crippen LogP contribution in [0.25, 0.3) is 0 Å². The van der Waals surface area contributed by atoms with Crippen LogP contribution in [-0.2, 0) is 0 Å². The summed E-state index contributed by atoms with van der Waals surface area (Å²) in [4.78, 5) is 22.6. The summed E-state index contributed by atoms with van der Waals surface area (Å²) in [5.74, 6) is -1.24. The highest BCUT2D eigenvalue weighted by atomic mass is 79.9. The molecule has 0 fully saturated rings. The standard InChI is InChI=1S/C17H11BrF3N3O4/c18-12-3-1-2-11(8-12)14-9-16(26,17(19,20)21)23(22-14)15(25)10-4-6-13(7-5-10)24(27)28/h1-8,26H,9H2/t16-/m1/s1. The first-order valence-corrected chi connectivity index (χ1v) is 8.54. The molecule has 0 aliphatic carbocycles. The lowest BCUT2D eigenvalue weighted by molar-refractivity contribution is -0.384. The number of rotatable bonds is 3. The second-order valence-electron chi connectivity index (χ2n) is 5.97. The van der Waals surface area contributed by atoms with Gasteiger partial charge in [-0.1, -0.05) is 28.1 Å². The summed E-state index contributed by atoms with van der Waals surface area (Å²) in [6, 6.07) is 10.2. The summed E-state index contributed by atoms with van der Waals surface area (Å²) < 4.78 is 41.4. The van der Waals surface area contributed by atoms with Crippen molar-refractivity contribution in [2.45, 2.75) is 18.3 Å². The number of amides is 1. The molecule has 146 valence electrons. The number of hydrogen-bond donors (Lipinski definition) is 1. The fourth-order valence-electron chi connectivity index (χ4n) is 2.66. The molecule has 0 saturated heterocycles. The molecule has 0 radical (unpaired) electrons. The number of nitrogens with zero attached hydrogens (tertiary/aromatic N) is 3. The molecule has 0 aromatic heterocycles. The van der Waals surface area contributed by atoms with E-state index in [9.17, 15) is 33.2 Å². The number of hydrazone groups is 1. The van der Waals surface area contributed by atoms with Crippen molar-refractivity contribution in [1.82, 2.24) is 5.01 Å². The van der Waals surface area contributed by atoms with Gasteiger partial charge in [-0.15, -0.1) is 0 Å². The summed E-state index contributed by atoms with van der Waals surface area (Å²) in [6.45, 7) is 0. The first-order chi connectivity index (χ1) is 13.0. The molecule has 0 saturated carbocycles. The molecule has 1 heterocycles. The van der Waals surface area contributed by atoms with Gasteiger partial charge in [-0.05, 0) is 29.8 Å². The third kappa shape index (κ3) is 3.50. The van der Waals surface area contributed by atoms with Crippen LogP contribution < -0.4 is 0 Å². The van der Waals surface area contributed by atoms with Crippen LogP contribution in [-0.4, -0.2) is 38.6 Å². The van der Waals surface area contributed by atoms with Gasteiger partial charge >= 0.3 is 6.18 Å². The van der Waals surface area contributed by atoms with E-state index < -0.39 is 29.2 Å². The topological polar surface area (TPSA) is 96.0 Å². The largest absolute Gasteiger partial charge is 0.438 e. The highest BCUT2D eigenvalue weighted by molar-refractivity contribution is 9.10. The third-order valence-corrected chi connectivity index (χ3v) is 4.61. The smallest absolute Gasteiger partial charge is 0.362 e. The second-order valence-corrected chi connectivity index (χ2v) is 6.88. The minimum absolute atomic E-state index is 0.0234. The van der Waals surface area contributed by atoms with Crippen molar-refractivity contribution in [1.29, 1.82) is 0 Å². The Bertz CT molecular complexity index is 978. The highest BCUT2D eigenvalue weighted by Gasteiger charge is 2.63. The third-order valence-electron chi connectivity index (χ3n) is 4.11. The van der Waals surface area contributed by atoms with Crippen LogP contribution in [0.5, 0.6) is 0 Å². The van der Waals surface area contributed by atoms with E-state index in [0.717, 1.165) is 24.3 Å². The van der Waals surface area contributed by atoms with Gasteiger partial charge in [-0.2, -0.15) is 23.3 Å². The second kappa shape index (κ2) is 6.99. The molecular weight excluding hydrogens is 447 g/mol. The number of hydrogen-bond acceptors (Lipinski definition) is 5. The summed E-state index contributed by atoms with van der Waals surface area (Å²) in [6.07, 6.45) is -6.13. The van der Waals surface area contributed by atoms with Crippen LogP contribution in [0.2, 0.25) is 0 Å². The van der Waals surface area contributed by atoms with Crippen molar-refractivity contribution in [2.75, 3.05) is 0 Å². The number of nitro benzene ring substituents is 1. The van der Waals surface area contributed by atoms with Gasteiger partial charge in [0.15, 0.2) is 0 Å². The van der Waals surface area contributed by atoms with Crippen molar-refractivity contribution in [3.05, 3.63) is 74.2 Å². The summed E-state index contributed by atoms with van der Waals surface area (Å²) in [7, 11) is 0. The van der Waals surface area contributed by atoms with Crippen molar-refractivity contribution < 1.29 is 28.0 Å². The van der Waals surface area contributed by atoms with Gasteiger partial charge in [0.1, 0.15) is 0 Å². The van der Waals surface area contributed by atoms with Crippen molar-refractivity contribution in [3.8, 4) is 0 Å². The number of carbonyl (C=O) groups is 1. The normalized spacial score (nSPS) is 19.5. The first-order valence-electron chi connectivity index (χ1n) is 7.74. The van der Waals surface area contributed by atoms with E-state index in [0.29, 0.717) is 10.0 Å². The molecule has 0 spiro atoms. The van der Waals surface area contributed by atoms with E-state index in [4.69, 9.17) is 0 Å². The Hall–Kier alpha value is -2.79. The summed E-state index contributed by atoms with van der Waals surface area (Å²) in [5.41, 5.74) is -3.98. The van der Waals surface area contributed by atoms with Gasteiger partial charge in [0, 0.05) is 22.2 Å². The van der Waals surface area contributed by atoms with Crippen LogP contribution in [0.1, 0.15) is 22.3 Å². The maximum Gasteiger partial charge on any atom is 0.438 e. The van der Waals surface area contributed by atoms with E-state index in [1.54, 1.807) is 12.1 Å². The number of benzene rings is 2. The maximum atomic E-state index is 13.6. The van der Waals surface area contributed by atoms with E-state index >= 15 is 0 Å². The van der Waals surface area contributed by atoms with Crippen LogP contribution in [0, 0.1) is 10.1 Å². The summed E-state index contributed by atoms with van der Waals surface area (Å²) in [5, 5.41) is 24.7.